The second kappa shape index (κ2) is 4.04. The van der Waals surface area contributed by atoms with E-state index in [0.29, 0.717) is 12.8 Å². The molecule has 0 aromatic heterocycles. The number of hydrogen-bond acceptors (Lipinski definition) is 2. The first-order valence-electron chi connectivity index (χ1n) is 3.23. The molecule has 0 N–H and O–H groups in total. The van der Waals surface area contributed by atoms with Gasteiger partial charge in [0.15, 0.2) is 0 Å². The number of ketones is 1. The van der Waals surface area contributed by atoms with Crippen LogP contribution in [-0.2, 0) is 9.59 Å². The first-order chi connectivity index (χ1) is 4.54. The maximum absolute atomic E-state index is 10.8. The fourth-order valence-electron chi connectivity index (χ4n) is 0.507. The summed E-state index contributed by atoms with van der Waals surface area (Å²) in [5.41, 5.74) is 0. The molecule has 0 atom stereocenters. The van der Waals surface area contributed by atoms with E-state index >= 15 is 0 Å². The summed E-state index contributed by atoms with van der Waals surface area (Å²) in [7, 11) is 3.37. The van der Waals surface area contributed by atoms with Crippen LogP contribution in [0.1, 0.15) is 19.8 Å². The number of carbonyl (C=O) groups is 2. The van der Waals surface area contributed by atoms with Crippen LogP contribution in [0.4, 0.5) is 0 Å². The molecular formula is C7H13NO2. The van der Waals surface area contributed by atoms with Gasteiger partial charge in [-0.1, -0.05) is 0 Å². The highest BCUT2D eigenvalue weighted by Gasteiger charge is 2.04. The first kappa shape index (κ1) is 9.14. The zero-order valence-electron chi connectivity index (χ0n) is 6.68. The summed E-state index contributed by atoms with van der Waals surface area (Å²) < 4.78 is 0. The Labute approximate surface area is 61.0 Å². The Balaban J connectivity index is 3.50. The van der Waals surface area contributed by atoms with E-state index < -0.39 is 0 Å². The van der Waals surface area contributed by atoms with Crippen molar-refractivity contribution >= 4 is 11.7 Å². The van der Waals surface area contributed by atoms with E-state index in [2.05, 4.69) is 0 Å². The molecule has 0 aliphatic rings. The van der Waals surface area contributed by atoms with Crippen LogP contribution in [-0.4, -0.2) is 30.7 Å². The maximum Gasteiger partial charge on any atom is 0.222 e. The largest absolute Gasteiger partial charge is 0.349 e. The molecule has 0 heterocycles. The standard InChI is InChI=1S/C7H13NO2/c1-6(9)4-5-7(10)8(2)3/h4-5H2,1-3H3. The van der Waals surface area contributed by atoms with Gasteiger partial charge >= 0.3 is 0 Å². The van der Waals surface area contributed by atoms with Gasteiger partial charge in [0.2, 0.25) is 5.91 Å². The van der Waals surface area contributed by atoms with Gasteiger partial charge in [0, 0.05) is 26.9 Å². The van der Waals surface area contributed by atoms with E-state index in [1.807, 2.05) is 0 Å². The summed E-state index contributed by atoms with van der Waals surface area (Å²) in [5, 5.41) is 0. The van der Waals surface area contributed by atoms with Gasteiger partial charge in [-0.25, -0.2) is 0 Å². The lowest BCUT2D eigenvalue weighted by Crippen LogP contribution is -2.21. The molecule has 3 nitrogen and oxygen atoms in total. The fraction of sp³-hybridized carbons (Fsp3) is 0.714. The van der Waals surface area contributed by atoms with E-state index in [0.717, 1.165) is 0 Å². The van der Waals surface area contributed by atoms with Gasteiger partial charge in [0.25, 0.3) is 0 Å². The smallest absolute Gasteiger partial charge is 0.222 e. The van der Waals surface area contributed by atoms with Gasteiger partial charge in [0.1, 0.15) is 5.78 Å². The lowest BCUT2D eigenvalue weighted by atomic mass is 10.2. The minimum absolute atomic E-state index is 0.00944. The summed E-state index contributed by atoms with van der Waals surface area (Å²) >= 11 is 0. The van der Waals surface area contributed by atoms with Crippen LogP contribution in [0.5, 0.6) is 0 Å². The lowest BCUT2D eigenvalue weighted by Gasteiger charge is -2.07. The second-order valence-electron chi connectivity index (χ2n) is 2.49. The third-order valence-corrected chi connectivity index (χ3v) is 1.19. The minimum atomic E-state index is 0.00944. The Bertz CT molecular complexity index is 141. The van der Waals surface area contributed by atoms with Crippen LogP contribution >= 0.6 is 0 Å². The van der Waals surface area contributed by atoms with Crippen LogP contribution in [0, 0.1) is 0 Å². The van der Waals surface area contributed by atoms with E-state index in [4.69, 9.17) is 0 Å². The summed E-state index contributed by atoms with van der Waals surface area (Å²) in [6.07, 6.45) is 0.694. The molecule has 0 rings (SSSR count). The van der Waals surface area contributed by atoms with Crippen molar-refractivity contribution in [3.63, 3.8) is 0 Å². The van der Waals surface area contributed by atoms with Crippen molar-refractivity contribution in [1.82, 2.24) is 4.90 Å². The van der Waals surface area contributed by atoms with Gasteiger partial charge in [-0.2, -0.15) is 0 Å². The average molecular weight is 143 g/mol. The molecule has 0 aliphatic heterocycles. The predicted molar refractivity (Wildman–Crippen MR) is 38.6 cm³/mol. The molecule has 3 heteroatoms. The summed E-state index contributed by atoms with van der Waals surface area (Å²) in [6.45, 7) is 1.49. The van der Waals surface area contributed by atoms with Gasteiger partial charge in [-0.05, 0) is 6.92 Å². The zero-order chi connectivity index (χ0) is 8.15. The number of rotatable bonds is 3. The molecule has 0 unspecified atom stereocenters. The molecule has 0 aromatic carbocycles. The third-order valence-electron chi connectivity index (χ3n) is 1.19. The van der Waals surface area contributed by atoms with Gasteiger partial charge in [0.05, 0.1) is 0 Å². The lowest BCUT2D eigenvalue weighted by molar-refractivity contribution is -0.130. The maximum atomic E-state index is 10.8. The van der Waals surface area contributed by atoms with Gasteiger partial charge in [-0.3, -0.25) is 4.79 Å². The first-order valence-corrected chi connectivity index (χ1v) is 3.23. The molecule has 0 spiro atoms. The van der Waals surface area contributed by atoms with E-state index in [9.17, 15) is 9.59 Å². The van der Waals surface area contributed by atoms with Crippen molar-refractivity contribution in [2.75, 3.05) is 14.1 Å². The van der Waals surface area contributed by atoms with Crippen molar-refractivity contribution in [2.45, 2.75) is 19.8 Å². The number of hydrogen-bond donors (Lipinski definition) is 0. The van der Waals surface area contributed by atoms with Crippen LogP contribution < -0.4 is 0 Å². The van der Waals surface area contributed by atoms with Crippen LogP contribution in [0.15, 0.2) is 0 Å². The molecular weight excluding hydrogens is 130 g/mol. The quantitative estimate of drug-likeness (QED) is 0.575. The molecule has 0 aromatic rings. The average Bonchev–Trinajstić information content (AvgIpc) is 1.82. The molecule has 10 heavy (non-hydrogen) atoms. The molecule has 0 radical (unpaired) electrons. The number of nitrogens with zero attached hydrogens (tertiary/aromatic N) is 1. The Kier molecular flexibility index (Phi) is 3.69. The highest BCUT2D eigenvalue weighted by Crippen LogP contribution is 1.93. The number of amides is 1. The molecule has 0 fully saturated rings. The van der Waals surface area contributed by atoms with Crippen LogP contribution in [0.3, 0.4) is 0 Å². The van der Waals surface area contributed by atoms with E-state index in [-0.39, 0.29) is 11.7 Å². The minimum Gasteiger partial charge on any atom is -0.349 e. The molecule has 0 aliphatic carbocycles. The summed E-state index contributed by atoms with van der Waals surface area (Å²) in [4.78, 5) is 22.7. The van der Waals surface area contributed by atoms with Gasteiger partial charge < -0.3 is 9.69 Å². The van der Waals surface area contributed by atoms with Crippen molar-refractivity contribution in [3.05, 3.63) is 0 Å². The molecule has 0 bridgehead atoms. The fourth-order valence-corrected chi connectivity index (χ4v) is 0.507. The van der Waals surface area contributed by atoms with Crippen molar-refractivity contribution in [2.24, 2.45) is 0 Å². The second-order valence-corrected chi connectivity index (χ2v) is 2.49. The predicted octanol–water partition coefficient (Wildman–Crippen LogP) is 0.444. The van der Waals surface area contributed by atoms with Crippen LogP contribution in [0.25, 0.3) is 0 Å². The molecule has 0 saturated heterocycles. The third kappa shape index (κ3) is 4.06. The summed E-state index contributed by atoms with van der Waals surface area (Å²) in [6, 6.07) is 0. The van der Waals surface area contributed by atoms with Gasteiger partial charge in [-0.15, -0.1) is 0 Å². The Hall–Kier alpha value is -0.860. The Morgan fingerprint density at radius 3 is 2.00 bits per heavy atom. The monoisotopic (exact) mass is 143 g/mol. The van der Waals surface area contributed by atoms with E-state index in [1.54, 1.807) is 14.1 Å². The highest BCUT2D eigenvalue weighted by atomic mass is 16.2. The normalized spacial score (nSPS) is 9.10. The van der Waals surface area contributed by atoms with E-state index in [1.165, 1.54) is 11.8 Å². The Morgan fingerprint density at radius 2 is 1.70 bits per heavy atom. The van der Waals surface area contributed by atoms with Crippen molar-refractivity contribution in [1.29, 1.82) is 0 Å². The number of carbonyl (C=O) groups excluding carboxylic acids is 2. The van der Waals surface area contributed by atoms with Crippen LogP contribution in [0.2, 0.25) is 0 Å². The molecule has 1 amide bonds. The zero-order valence-corrected chi connectivity index (χ0v) is 6.68. The molecule has 58 valence electrons. The number of Topliss-reactive ketones (excluding diaryl/α,β-unsaturated/α-hetero) is 1. The Morgan fingerprint density at radius 1 is 1.20 bits per heavy atom. The SMILES string of the molecule is CC(=O)CCC(=O)N(C)C. The van der Waals surface area contributed by atoms with Crippen molar-refractivity contribution in [3.8, 4) is 0 Å². The topological polar surface area (TPSA) is 37.4 Å². The summed E-state index contributed by atoms with van der Waals surface area (Å²) in [5.74, 6) is 0.0744. The molecule has 0 saturated carbocycles. The van der Waals surface area contributed by atoms with Crippen molar-refractivity contribution < 1.29 is 9.59 Å². The highest BCUT2D eigenvalue weighted by molar-refractivity contribution is 5.83.